The van der Waals surface area contributed by atoms with Crippen LogP contribution in [0.5, 0.6) is 5.75 Å². The van der Waals surface area contributed by atoms with Crippen molar-refractivity contribution in [2.75, 3.05) is 25.0 Å². The summed E-state index contributed by atoms with van der Waals surface area (Å²) >= 11 is 11.9. The summed E-state index contributed by atoms with van der Waals surface area (Å²) in [4.78, 5) is 12.6. The fourth-order valence-electron chi connectivity index (χ4n) is 3.36. The van der Waals surface area contributed by atoms with Gasteiger partial charge in [0.1, 0.15) is 12.4 Å². The molecule has 9 heteroatoms. The maximum Gasteiger partial charge on any atom is 0.227 e. The van der Waals surface area contributed by atoms with Crippen LogP contribution in [-0.2, 0) is 20.6 Å². The summed E-state index contributed by atoms with van der Waals surface area (Å²) in [6, 6.07) is 11.9. The van der Waals surface area contributed by atoms with Gasteiger partial charge in [-0.15, -0.1) is 0 Å². The Hall–Kier alpha value is -2.06. The predicted octanol–water partition coefficient (Wildman–Crippen LogP) is 4.74. The lowest BCUT2D eigenvalue weighted by Gasteiger charge is -2.30. The van der Waals surface area contributed by atoms with Gasteiger partial charge in [-0.3, -0.25) is 4.79 Å². The zero-order valence-corrected chi connectivity index (χ0v) is 19.2. The van der Waals surface area contributed by atoms with Gasteiger partial charge in [0.2, 0.25) is 15.9 Å². The zero-order chi connectivity index (χ0) is 22.4. The number of carbonyl (C=O) groups excluding carboxylic acids is 1. The highest BCUT2D eigenvalue weighted by atomic mass is 35.5. The highest BCUT2D eigenvalue weighted by Gasteiger charge is 2.31. The van der Waals surface area contributed by atoms with Crippen LogP contribution in [0.25, 0.3) is 0 Å². The largest absolute Gasteiger partial charge is 0.490 e. The van der Waals surface area contributed by atoms with Crippen LogP contribution in [0, 0.1) is 5.92 Å². The molecule has 1 amide bonds. The van der Waals surface area contributed by atoms with Gasteiger partial charge in [0, 0.05) is 24.7 Å². The van der Waals surface area contributed by atoms with Crippen LogP contribution in [0.4, 0.5) is 5.69 Å². The molecule has 1 aliphatic heterocycles. The number of sulfonamides is 1. The molecule has 3 rings (SSSR count). The third-order valence-corrected chi connectivity index (χ3v) is 7.63. The molecular weight excluding hydrogens is 459 g/mol. The van der Waals surface area contributed by atoms with Crippen molar-refractivity contribution >= 4 is 44.8 Å². The Labute approximate surface area is 192 Å². The number of halogens is 2. The second-order valence-electron chi connectivity index (χ2n) is 7.29. The Morgan fingerprint density at radius 3 is 2.42 bits per heavy atom. The van der Waals surface area contributed by atoms with Gasteiger partial charge in [-0.25, -0.2) is 12.7 Å². The van der Waals surface area contributed by atoms with Crippen molar-refractivity contribution in [1.82, 2.24) is 4.31 Å². The van der Waals surface area contributed by atoms with Crippen molar-refractivity contribution in [3.63, 3.8) is 0 Å². The number of hydrogen-bond acceptors (Lipinski definition) is 4. The quantitative estimate of drug-likeness (QED) is 0.551. The van der Waals surface area contributed by atoms with Crippen LogP contribution in [0.15, 0.2) is 55.1 Å². The molecule has 1 N–H and O–H groups in total. The summed E-state index contributed by atoms with van der Waals surface area (Å²) in [7, 11) is -3.51. The SMILES string of the molecule is C=CCOc1ccc(NC(=O)C2CCN(S(=O)(=O)Cc3ccc(Cl)c(Cl)c3)CC2)cc1. The number of nitrogens with zero attached hydrogens (tertiary/aromatic N) is 1. The Balaban J connectivity index is 1.52. The minimum Gasteiger partial charge on any atom is -0.490 e. The van der Waals surface area contributed by atoms with E-state index in [1.807, 2.05) is 0 Å². The molecule has 0 spiro atoms. The number of nitrogens with one attached hydrogen (secondary N) is 1. The Morgan fingerprint density at radius 2 is 1.81 bits per heavy atom. The molecule has 0 radical (unpaired) electrons. The molecule has 2 aromatic carbocycles. The van der Waals surface area contributed by atoms with Crippen LogP contribution in [0.1, 0.15) is 18.4 Å². The first kappa shape index (κ1) is 23.6. The number of piperidine rings is 1. The molecule has 6 nitrogen and oxygen atoms in total. The van der Waals surface area contributed by atoms with Gasteiger partial charge in [0.15, 0.2) is 0 Å². The van der Waals surface area contributed by atoms with E-state index in [1.165, 1.54) is 4.31 Å². The van der Waals surface area contributed by atoms with E-state index in [0.29, 0.717) is 59.6 Å². The van der Waals surface area contributed by atoms with E-state index in [1.54, 1.807) is 48.5 Å². The van der Waals surface area contributed by atoms with E-state index in [-0.39, 0.29) is 17.6 Å². The molecule has 166 valence electrons. The summed E-state index contributed by atoms with van der Waals surface area (Å²) in [5.41, 5.74) is 1.25. The van der Waals surface area contributed by atoms with Crippen molar-refractivity contribution in [1.29, 1.82) is 0 Å². The molecule has 31 heavy (non-hydrogen) atoms. The lowest BCUT2D eigenvalue weighted by Crippen LogP contribution is -2.41. The van der Waals surface area contributed by atoms with Crippen LogP contribution in [0.2, 0.25) is 10.0 Å². The molecule has 0 atom stereocenters. The summed E-state index contributed by atoms with van der Waals surface area (Å²) in [5, 5.41) is 3.60. The molecule has 1 aliphatic rings. The molecule has 0 bridgehead atoms. The van der Waals surface area contributed by atoms with E-state index >= 15 is 0 Å². The number of hydrogen-bond donors (Lipinski definition) is 1. The lowest BCUT2D eigenvalue weighted by atomic mass is 9.97. The van der Waals surface area contributed by atoms with E-state index in [4.69, 9.17) is 27.9 Å². The Kier molecular flexibility index (Phi) is 8.00. The highest BCUT2D eigenvalue weighted by Crippen LogP contribution is 2.26. The fourth-order valence-corrected chi connectivity index (χ4v) is 5.23. The van der Waals surface area contributed by atoms with Crippen LogP contribution < -0.4 is 10.1 Å². The number of benzene rings is 2. The molecule has 1 heterocycles. The van der Waals surface area contributed by atoms with Crippen molar-refractivity contribution in [3.05, 3.63) is 70.7 Å². The smallest absolute Gasteiger partial charge is 0.227 e. The third-order valence-electron chi connectivity index (χ3n) is 5.04. The molecule has 1 fully saturated rings. The van der Waals surface area contributed by atoms with Gasteiger partial charge in [-0.2, -0.15) is 0 Å². The van der Waals surface area contributed by atoms with E-state index in [0.717, 1.165) is 0 Å². The summed E-state index contributed by atoms with van der Waals surface area (Å²) < 4.78 is 32.4. The molecule has 0 aliphatic carbocycles. The van der Waals surface area contributed by atoms with Crippen molar-refractivity contribution in [3.8, 4) is 5.75 Å². The van der Waals surface area contributed by atoms with Crippen LogP contribution in [-0.4, -0.2) is 38.3 Å². The predicted molar refractivity (Wildman–Crippen MR) is 124 cm³/mol. The first-order valence-corrected chi connectivity index (χ1v) is 12.2. The topological polar surface area (TPSA) is 75.7 Å². The maximum absolute atomic E-state index is 12.8. The number of ether oxygens (including phenoxy) is 1. The van der Waals surface area contributed by atoms with Gasteiger partial charge in [0.25, 0.3) is 0 Å². The van der Waals surface area contributed by atoms with Gasteiger partial charge in [-0.05, 0) is 54.8 Å². The first-order valence-electron chi connectivity index (χ1n) is 9.85. The molecule has 0 unspecified atom stereocenters. The van der Waals surface area contributed by atoms with E-state index < -0.39 is 10.0 Å². The van der Waals surface area contributed by atoms with Gasteiger partial charge >= 0.3 is 0 Å². The molecule has 1 saturated heterocycles. The summed E-state index contributed by atoms with van der Waals surface area (Å²) in [6.07, 6.45) is 2.59. The van der Waals surface area contributed by atoms with Gasteiger partial charge < -0.3 is 10.1 Å². The second kappa shape index (κ2) is 10.5. The fraction of sp³-hybridized carbons (Fsp3) is 0.318. The summed E-state index contributed by atoms with van der Waals surface area (Å²) in [5.74, 6) is 0.189. The number of amides is 1. The summed E-state index contributed by atoms with van der Waals surface area (Å²) in [6.45, 7) is 4.62. The van der Waals surface area contributed by atoms with Crippen LogP contribution >= 0.6 is 23.2 Å². The van der Waals surface area contributed by atoms with Crippen molar-refractivity contribution in [2.24, 2.45) is 5.92 Å². The molecular formula is C22H24Cl2N2O4S. The maximum atomic E-state index is 12.8. The van der Waals surface area contributed by atoms with Crippen molar-refractivity contribution in [2.45, 2.75) is 18.6 Å². The first-order chi connectivity index (χ1) is 14.8. The van der Waals surface area contributed by atoms with Crippen LogP contribution in [0.3, 0.4) is 0 Å². The average Bonchev–Trinajstić information content (AvgIpc) is 2.76. The molecule has 2 aromatic rings. The number of rotatable bonds is 8. The van der Waals surface area contributed by atoms with Crippen molar-refractivity contribution < 1.29 is 17.9 Å². The average molecular weight is 483 g/mol. The second-order valence-corrected chi connectivity index (χ2v) is 10.1. The zero-order valence-electron chi connectivity index (χ0n) is 16.9. The Morgan fingerprint density at radius 1 is 1.13 bits per heavy atom. The minimum atomic E-state index is -3.51. The monoisotopic (exact) mass is 482 g/mol. The third kappa shape index (κ3) is 6.46. The van der Waals surface area contributed by atoms with E-state index in [2.05, 4.69) is 11.9 Å². The Bertz CT molecular complexity index is 1030. The minimum absolute atomic E-state index is 0.110. The lowest BCUT2D eigenvalue weighted by molar-refractivity contribution is -0.120. The standard InChI is InChI=1S/C22H24Cl2N2O4S/c1-2-13-30-19-6-4-18(5-7-19)25-22(27)17-9-11-26(12-10-17)31(28,29)15-16-3-8-20(23)21(24)14-16/h2-8,14,17H,1,9-13,15H2,(H,25,27). The molecule has 0 aromatic heterocycles. The van der Waals surface area contributed by atoms with E-state index in [9.17, 15) is 13.2 Å². The molecule has 0 saturated carbocycles. The van der Waals surface area contributed by atoms with Gasteiger partial charge in [-0.1, -0.05) is 41.9 Å². The van der Waals surface area contributed by atoms with Gasteiger partial charge in [0.05, 0.1) is 15.8 Å². The normalized spacial score (nSPS) is 15.4. The number of carbonyl (C=O) groups is 1. The number of anilines is 1. The highest BCUT2D eigenvalue weighted by molar-refractivity contribution is 7.88.